The van der Waals surface area contributed by atoms with Crippen LogP contribution >= 0.6 is 0 Å². The number of aromatic hydroxyl groups is 1. The van der Waals surface area contributed by atoms with Gasteiger partial charge in [-0.05, 0) is 43.3 Å². The largest absolute Gasteiger partial charge is 0.508 e. The molecule has 0 bridgehead atoms. The summed E-state index contributed by atoms with van der Waals surface area (Å²) >= 11 is 0. The third kappa shape index (κ3) is 2.92. The molecule has 0 spiro atoms. The number of phenolic OH excluding ortho intramolecular Hbond substituents is 1. The summed E-state index contributed by atoms with van der Waals surface area (Å²) in [5.41, 5.74) is 1.24. The molecule has 8 heteroatoms. The summed E-state index contributed by atoms with van der Waals surface area (Å²) in [6, 6.07) is 8.76. The Balaban J connectivity index is 1.83. The van der Waals surface area contributed by atoms with Crippen molar-refractivity contribution in [1.29, 1.82) is 0 Å². The van der Waals surface area contributed by atoms with E-state index in [1.54, 1.807) is 6.92 Å². The van der Waals surface area contributed by atoms with Gasteiger partial charge in [0.05, 0.1) is 11.6 Å². The highest BCUT2D eigenvalue weighted by atomic mass is 19.1. The number of fused-ring (bicyclic) bond motifs is 1. The Morgan fingerprint density at radius 3 is 2.61 bits per heavy atom. The van der Waals surface area contributed by atoms with Gasteiger partial charge in [0, 0.05) is 23.6 Å². The maximum atomic E-state index is 14.3. The average molecular weight is 383 g/mol. The number of aryl methyl sites for hydroxylation is 1. The highest BCUT2D eigenvalue weighted by Gasteiger charge is 2.36. The number of aromatic nitrogens is 2. The molecule has 1 atom stereocenters. The first-order valence-corrected chi connectivity index (χ1v) is 8.53. The number of nitrogens with zero attached hydrogens (tertiary/aromatic N) is 2. The minimum absolute atomic E-state index is 0.0226. The molecule has 2 heterocycles. The minimum atomic E-state index is -0.841. The number of phenols is 1. The van der Waals surface area contributed by atoms with Gasteiger partial charge in [0.25, 0.3) is 0 Å². The van der Waals surface area contributed by atoms with Gasteiger partial charge >= 0.3 is 0 Å². The van der Waals surface area contributed by atoms with Crippen molar-refractivity contribution in [3.63, 3.8) is 0 Å². The Morgan fingerprint density at radius 1 is 1.21 bits per heavy atom. The second kappa shape index (κ2) is 6.56. The SMILES string of the molecule is Cc1nn(-c2ccc(F)cc2F)c2c1[C@H](C(=O)c1ccc(O)cc1)CC(=O)N2. The van der Waals surface area contributed by atoms with E-state index in [2.05, 4.69) is 10.4 Å². The third-order valence-electron chi connectivity index (χ3n) is 4.71. The van der Waals surface area contributed by atoms with E-state index in [1.807, 2.05) is 0 Å². The van der Waals surface area contributed by atoms with Crippen LogP contribution in [-0.4, -0.2) is 26.6 Å². The third-order valence-corrected chi connectivity index (χ3v) is 4.71. The van der Waals surface area contributed by atoms with Gasteiger partial charge in [0.15, 0.2) is 11.6 Å². The van der Waals surface area contributed by atoms with Crippen LogP contribution < -0.4 is 5.32 Å². The summed E-state index contributed by atoms with van der Waals surface area (Å²) in [6.07, 6.45) is -0.0782. The highest BCUT2D eigenvalue weighted by Crippen LogP contribution is 2.38. The number of carbonyl (C=O) groups excluding carboxylic acids is 2. The van der Waals surface area contributed by atoms with E-state index in [0.717, 1.165) is 12.1 Å². The molecule has 142 valence electrons. The molecule has 6 nitrogen and oxygen atoms in total. The monoisotopic (exact) mass is 383 g/mol. The lowest BCUT2D eigenvalue weighted by molar-refractivity contribution is -0.116. The Kier molecular flexibility index (Phi) is 4.18. The Labute approximate surface area is 158 Å². The van der Waals surface area contributed by atoms with E-state index >= 15 is 0 Å². The van der Waals surface area contributed by atoms with Crippen molar-refractivity contribution in [1.82, 2.24) is 9.78 Å². The maximum Gasteiger partial charge on any atom is 0.226 e. The molecule has 0 unspecified atom stereocenters. The number of rotatable bonds is 3. The van der Waals surface area contributed by atoms with Crippen molar-refractivity contribution in [3.8, 4) is 11.4 Å². The normalized spacial score (nSPS) is 15.8. The zero-order chi connectivity index (χ0) is 20.0. The van der Waals surface area contributed by atoms with E-state index < -0.39 is 23.5 Å². The Morgan fingerprint density at radius 2 is 1.93 bits per heavy atom. The number of nitrogens with one attached hydrogen (secondary N) is 1. The number of hydrogen-bond donors (Lipinski definition) is 2. The van der Waals surface area contributed by atoms with Crippen LogP contribution in [0.5, 0.6) is 5.75 Å². The van der Waals surface area contributed by atoms with Crippen LogP contribution in [0.3, 0.4) is 0 Å². The fraction of sp³-hybridized carbons (Fsp3) is 0.150. The van der Waals surface area contributed by atoms with Crippen LogP contribution in [0.25, 0.3) is 5.69 Å². The first-order chi connectivity index (χ1) is 13.3. The number of hydrogen-bond acceptors (Lipinski definition) is 4. The van der Waals surface area contributed by atoms with Gasteiger partial charge in [-0.25, -0.2) is 13.5 Å². The van der Waals surface area contributed by atoms with Crippen LogP contribution in [0, 0.1) is 18.6 Å². The quantitative estimate of drug-likeness (QED) is 0.679. The molecule has 2 aromatic carbocycles. The molecule has 1 amide bonds. The van der Waals surface area contributed by atoms with E-state index in [1.165, 1.54) is 35.0 Å². The van der Waals surface area contributed by atoms with E-state index in [0.29, 0.717) is 16.8 Å². The zero-order valence-corrected chi connectivity index (χ0v) is 14.7. The van der Waals surface area contributed by atoms with Crippen LogP contribution in [0.2, 0.25) is 0 Å². The van der Waals surface area contributed by atoms with Crippen LogP contribution in [0.4, 0.5) is 14.6 Å². The molecule has 1 aliphatic heterocycles. The van der Waals surface area contributed by atoms with Gasteiger partial charge in [0.1, 0.15) is 23.1 Å². The van der Waals surface area contributed by atoms with Crippen molar-refractivity contribution >= 4 is 17.5 Å². The van der Waals surface area contributed by atoms with Crippen molar-refractivity contribution in [2.24, 2.45) is 0 Å². The number of carbonyl (C=O) groups is 2. The lowest BCUT2D eigenvalue weighted by Crippen LogP contribution is -2.28. The second-order valence-electron chi connectivity index (χ2n) is 6.57. The van der Waals surface area contributed by atoms with Gasteiger partial charge in [-0.1, -0.05) is 0 Å². The molecule has 2 N–H and O–H groups in total. The summed E-state index contributed by atoms with van der Waals surface area (Å²) in [5.74, 6) is -2.88. The predicted octanol–water partition coefficient (Wildman–Crippen LogP) is 3.47. The molecule has 0 saturated carbocycles. The van der Waals surface area contributed by atoms with Crippen LogP contribution in [0.1, 0.15) is 34.0 Å². The van der Waals surface area contributed by atoms with Crippen molar-refractivity contribution in [2.75, 3.05) is 5.32 Å². The summed E-state index contributed by atoms with van der Waals surface area (Å²) in [6.45, 7) is 1.66. The molecular formula is C20H15F2N3O3. The molecule has 28 heavy (non-hydrogen) atoms. The molecule has 0 fully saturated rings. The predicted molar refractivity (Wildman–Crippen MR) is 96.6 cm³/mol. The number of amides is 1. The number of halogens is 2. The van der Waals surface area contributed by atoms with Gasteiger partial charge < -0.3 is 10.4 Å². The van der Waals surface area contributed by atoms with Crippen molar-refractivity contribution < 1.29 is 23.5 Å². The smallest absolute Gasteiger partial charge is 0.226 e. The maximum absolute atomic E-state index is 14.3. The number of ketones is 1. The van der Waals surface area contributed by atoms with Crippen LogP contribution in [-0.2, 0) is 4.79 Å². The molecule has 4 rings (SSSR count). The van der Waals surface area contributed by atoms with Crippen molar-refractivity contribution in [3.05, 3.63) is 70.9 Å². The fourth-order valence-electron chi connectivity index (χ4n) is 3.43. The summed E-state index contributed by atoms with van der Waals surface area (Å²) in [7, 11) is 0. The minimum Gasteiger partial charge on any atom is -0.508 e. The first kappa shape index (κ1) is 17.8. The summed E-state index contributed by atoms with van der Waals surface area (Å²) in [4.78, 5) is 25.3. The molecule has 1 aromatic heterocycles. The van der Waals surface area contributed by atoms with E-state index in [-0.39, 0.29) is 29.5 Å². The average Bonchev–Trinajstić information content (AvgIpc) is 2.97. The Bertz CT molecular complexity index is 1110. The lowest BCUT2D eigenvalue weighted by Gasteiger charge is -2.23. The molecule has 0 aliphatic carbocycles. The second-order valence-corrected chi connectivity index (χ2v) is 6.57. The van der Waals surface area contributed by atoms with Gasteiger partial charge in [-0.15, -0.1) is 0 Å². The number of Topliss-reactive ketones (excluding diaryl/α,β-unsaturated/α-hetero) is 1. The number of benzene rings is 2. The van der Waals surface area contributed by atoms with Gasteiger partial charge in [-0.3, -0.25) is 9.59 Å². The summed E-state index contributed by atoms with van der Waals surface area (Å²) < 4.78 is 28.7. The molecule has 0 radical (unpaired) electrons. The highest BCUT2D eigenvalue weighted by molar-refractivity contribution is 6.08. The molecule has 1 aliphatic rings. The van der Waals surface area contributed by atoms with Crippen molar-refractivity contribution in [2.45, 2.75) is 19.3 Å². The van der Waals surface area contributed by atoms with E-state index in [9.17, 15) is 23.5 Å². The molecule has 0 saturated heterocycles. The molecular weight excluding hydrogens is 368 g/mol. The fourth-order valence-corrected chi connectivity index (χ4v) is 3.43. The standard InChI is InChI=1S/C20H15F2N3O3/c1-10-18-14(19(28)11-2-5-13(26)6-3-11)9-17(27)23-20(18)25(24-10)16-7-4-12(21)8-15(16)22/h2-8,14,26H,9H2,1H3,(H,23,27)/t14-/m1/s1. The number of anilines is 1. The molecule has 3 aromatic rings. The van der Waals surface area contributed by atoms with Crippen LogP contribution in [0.15, 0.2) is 42.5 Å². The lowest BCUT2D eigenvalue weighted by atomic mass is 9.85. The van der Waals surface area contributed by atoms with Gasteiger partial charge in [0.2, 0.25) is 5.91 Å². The Hall–Kier alpha value is -3.55. The van der Waals surface area contributed by atoms with Gasteiger partial charge in [-0.2, -0.15) is 5.10 Å². The van der Waals surface area contributed by atoms with E-state index in [4.69, 9.17) is 0 Å². The summed E-state index contributed by atoms with van der Waals surface area (Å²) in [5, 5.41) is 16.3. The zero-order valence-electron chi connectivity index (χ0n) is 14.7. The topological polar surface area (TPSA) is 84.2 Å². The first-order valence-electron chi connectivity index (χ1n) is 8.53.